The van der Waals surface area contributed by atoms with Crippen LogP contribution in [0.5, 0.6) is 0 Å². The molecule has 0 aliphatic heterocycles. The summed E-state index contributed by atoms with van der Waals surface area (Å²) >= 11 is 5.72. The molecule has 5 heteroatoms. The van der Waals surface area contributed by atoms with Crippen molar-refractivity contribution in [2.75, 3.05) is 6.61 Å². The van der Waals surface area contributed by atoms with Crippen molar-refractivity contribution in [2.45, 2.75) is 12.8 Å². The van der Waals surface area contributed by atoms with E-state index in [9.17, 15) is 4.79 Å². The molecular formula is C11H11ClN2O2. The van der Waals surface area contributed by atoms with Gasteiger partial charge in [0.05, 0.1) is 6.61 Å². The van der Waals surface area contributed by atoms with Gasteiger partial charge in [0.1, 0.15) is 5.65 Å². The zero-order valence-corrected chi connectivity index (χ0v) is 9.57. The quantitative estimate of drug-likeness (QED) is 0.609. The molecule has 0 unspecified atom stereocenters. The molecule has 0 aromatic carbocycles. The van der Waals surface area contributed by atoms with Gasteiger partial charge in [-0.3, -0.25) is 0 Å². The summed E-state index contributed by atoms with van der Waals surface area (Å²) in [7, 11) is 0. The Morgan fingerprint density at radius 1 is 1.62 bits per heavy atom. The number of rotatable bonds is 3. The van der Waals surface area contributed by atoms with E-state index >= 15 is 0 Å². The van der Waals surface area contributed by atoms with Gasteiger partial charge in [-0.2, -0.15) is 0 Å². The molecule has 0 saturated carbocycles. The second-order valence-corrected chi connectivity index (χ2v) is 3.55. The molecule has 2 aromatic heterocycles. The molecule has 4 nitrogen and oxygen atoms in total. The normalized spacial score (nSPS) is 10.6. The molecule has 0 bridgehead atoms. The molecule has 0 amide bonds. The first kappa shape index (κ1) is 11.0. The lowest BCUT2D eigenvalue weighted by atomic mass is 10.3. The van der Waals surface area contributed by atoms with Crippen LogP contribution >= 0.6 is 11.6 Å². The Labute approximate surface area is 97.8 Å². The number of carbonyl (C=O) groups is 1. The summed E-state index contributed by atoms with van der Waals surface area (Å²) in [6, 6.07) is 3.73. The maximum absolute atomic E-state index is 11.4. The number of carbonyl (C=O) groups excluding carboxylic acids is 1. The number of aromatic nitrogens is 2. The predicted molar refractivity (Wildman–Crippen MR) is 60.7 cm³/mol. The fourth-order valence-electron chi connectivity index (χ4n) is 1.41. The van der Waals surface area contributed by atoms with Gasteiger partial charge in [-0.15, -0.1) is 11.6 Å². The molecule has 0 N–H and O–H groups in total. The van der Waals surface area contributed by atoms with Crippen molar-refractivity contribution in [3.8, 4) is 0 Å². The summed E-state index contributed by atoms with van der Waals surface area (Å²) < 4.78 is 6.64. The zero-order chi connectivity index (χ0) is 11.5. The topological polar surface area (TPSA) is 43.6 Å². The molecule has 0 aliphatic rings. The number of halogens is 1. The van der Waals surface area contributed by atoms with Gasteiger partial charge in [0.2, 0.25) is 0 Å². The smallest absolute Gasteiger partial charge is 0.358 e. The summed E-state index contributed by atoms with van der Waals surface area (Å²) in [5.41, 5.74) is 1.98. The van der Waals surface area contributed by atoms with Crippen LogP contribution in [0.1, 0.15) is 23.0 Å². The minimum Gasteiger partial charge on any atom is -0.461 e. The average Bonchev–Trinajstić information content (AvgIpc) is 2.71. The van der Waals surface area contributed by atoms with Crippen LogP contribution in [0.3, 0.4) is 0 Å². The Morgan fingerprint density at radius 2 is 2.44 bits per heavy atom. The van der Waals surface area contributed by atoms with E-state index < -0.39 is 5.97 Å². The van der Waals surface area contributed by atoms with Gasteiger partial charge in [0.15, 0.2) is 5.69 Å². The second-order valence-electron chi connectivity index (χ2n) is 3.28. The number of ether oxygens (including phenoxy) is 1. The Kier molecular flexibility index (Phi) is 3.10. The highest BCUT2D eigenvalue weighted by molar-refractivity contribution is 6.17. The lowest BCUT2D eigenvalue weighted by molar-refractivity contribution is 0.0520. The number of alkyl halides is 1. The average molecular weight is 239 g/mol. The molecule has 0 spiro atoms. The van der Waals surface area contributed by atoms with Crippen LogP contribution in [-0.4, -0.2) is 22.0 Å². The SMILES string of the molecule is CCOC(=O)c1cn2ccc(CCl)cc2n1. The van der Waals surface area contributed by atoms with Gasteiger partial charge < -0.3 is 9.14 Å². The van der Waals surface area contributed by atoms with Crippen molar-refractivity contribution in [1.82, 2.24) is 9.38 Å². The van der Waals surface area contributed by atoms with E-state index in [-0.39, 0.29) is 0 Å². The molecule has 0 saturated heterocycles. The van der Waals surface area contributed by atoms with Crippen LogP contribution in [0.2, 0.25) is 0 Å². The van der Waals surface area contributed by atoms with E-state index in [0.29, 0.717) is 23.8 Å². The standard InChI is InChI=1S/C11H11ClN2O2/c1-2-16-11(15)9-7-14-4-3-8(6-12)5-10(14)13-9/h3-5,7H,2,6H2,1H3. The highest BCUT2D eigenvalue weighted by Gasteiger charge is 2.11. The second kappa shape index (κ2) is 4.53. The van der Waals surface area contributed by atoms with Gasteiger partial charge in [-0.05, 0) is 24.6 Å². The molecule has 0 radical (unpaired) electrons. The molecular weight excluding hydrogens is 228 g/mol. The van der Waals surface area contributed by atoms with E-state index in [1.165, 1.54) is 0 Å². The van der Waals surface area contributed by atoms with E-state index in [1.54, 1.807) is 17.5 Å². The van der Waals surface area contributed by atoms with Crippen molar-refractivity contribution in [3.05, 3.63) is 35.8 Å². The summed E-state index contributed by atoms with van der Waals surface area (Å²) in [4.78, 5) is 15.6. The molecule has 0 fully saturated rings. The van der Waals surface area contributed by atoms with Crippen LogP contribution in [0, 0.1) is 0 Å². The molecule has 0 atom stereocenters. The number of fused-ring (bicyclic) bond motifs is 1. The zero-order valence-electron chi connectivity index (χ0n) is 8.81. The Hall–Kier alpha value is -1.55. The summed E-state index contributed by atoms with van der Waals surface area (Å²) in [6.07, 6.45) is 3.47. The highest BCUT2D eigenvalue weighted by Crippen LogP contribution is 2.10. The number of nitrogens with zero attached hydrogens (tertiary/aromatic N) is 2. The van der Waals surface area contributed by atoms with E-state index in [2.05, 4.69) is 4.98 Å². The summed E-state index contributed by atoms with van der Waals surface area (Å²) in [5.74, 6) is 0.0246. The van der Waals surface area contributed by atoms with Crippen molar-refractivity contribution in [2.24, 2.45) is 0 Å². The maximum Gasteiger partial charge on any atom is 0.358 e. The fraction of sp³-hybridized carbons (Fsp3) is 0.273. The third-order valence-corrected chi connectivity index (χ3v) is 2.47. The van der Waals surface area contributed by atoms with Crippen LogP contribution in [-0.2, 0) is 10.6 Å². The lowest BCUT2D eigenvalue weighted by Gasteiger charge is -1.95. The fourth-order valence-corrected chi connectivity index (χ4v) is 1.58. The summed E-state index contributed by atoms with van der Waals surface area (Å²) in [5, 5.41) is 0. The van der Waals surface area contributed by atoms with E-state index in [0.717, 1.165) is 5.56 Å². The van der Waals surface area contributed by atoms with Crippen LogP contribution in [0.25, 0.3) is 5.65 Å². The first-order valence-electron chi connectivity index (χ1n) is 4.95. The van der Waals surface area contributed by atoms with Crippen molar-refractivity contribution >= 4 is 23.2 Å². The van der Waals surface area contributed by atoms with Crippen molar-refractivity contribution in [1.29, 1.82) is 0 Å². The van der Waals surface area contributed by atoms with E-state index in [4.69, 9.17) is 16.3 Å². The Bertz CT molecular complexity index is 522. The molecule has 16 heavy (non-hydrogen) atoms. The van der Waals surface area contributed by atoms with Crippen LogP contribution in [0.15, 0.2) is 24.5 Å². The van der Waals surface area contributed by atoms with Crippen LogP contribution < -0.4 is 0 Å². The van der Waals surface area contributed by atoms with Crippen LogP contribution in [0.4, 0.5) is 0 Å². The summed E-state index contributed by atoms with van der Waals surface area (Å²) in [6.45, 7) is 2.11. The number of hydrogen-bond donors (Lipinski definition) is 0. The highest BCUT2D eigenvalue weighted by atomic mass is 35.5. The minimum absolute atomic E-state index is 0.313. The largest absolute Gasteiger partial charge is 0.461 e. The Balaban J connectivity index is 2.39. The predicted octanol–water partition coefficient (Wildman–Crippen LogP) is 2.25. The Morgan fingerprint density at radius 3 is 3.12 bits per heavy atom. The molecule has 2 heterocycles. The molecule has 2 aromatic rings. The maximum atomic E-state index is 11.4. The first-order chi connectivity index (χ1) is 7.74. The molecule has 2 rings (SSSR count). The van der Waals surface area contributed by atoms with Gasteiger partial charge in [-0.25, -0.2) is 9.78 Å². The molecule has 84 valence electrons. The number of hydrogen-bond acceptors (Lipinski definition) is 3. The lowest BCUT2D eigenvalue weighted by Crippen LogP contribution is -2.04. The number of imidazole rings is 1. The number of pyridine rings is 1. The third kappa shape index (κ3) is 2.02. The van der Waals surface area contributed by atoms with Crippen molar-refractivity contribution in [3.63, 3.8) is 0 Å². The number of esters is 1. The van der Waals surface area contributed by atoms with Crippen molar-refractivity contribution < 1.29 is 9.53 Å². The third-order valence-electron chi connectivity index (χ3n) is 2.16. The van der Waals surface area contributed by atoms with E-state index in [1.807, 2.05) is 18.3 Å². The van der Waals surface area contributed by atoms with Gasteiger partial charge in [0.25, 0.3) is 0 Å². The molecule has 0 aliphatic carbocycles. The first-order valence-corrected chi connectivity index (χ1v) is 5.48. The van der Waals surface area contributed by atoms with Gasteiger partial charge in [-0.1, -0.05) is 0 Å². The van der Waals surface area contributed by atoms with Gasteiger partial charge in [0, 0.05) is 18.3 Å². The van der Waals surface area contributed by atoms with Gasteiger partial charge >= 0.3 is 5.97 Å². The minimum atomic E-state index is -0.404. The monoisotopic (exact) mass is 238 g/mol.